The van der Waals surface area contributed by atoms with Gasteiger partial charge in [-0.15, -0.1) is 0 Å². The maximum atomic E-state index is 5.54. The van der Waals surface area contributed by atoms with Gasteiger partial charge in [0.15, 0.2) is 5.44 Å². The molecule has 0 spiro atoms. The summed E-state index contributed by atoms with van der Waals surface area (Å²) < 4.78 is 5.54. The van der Waals surface area contributed by atoms with Crippen LogP contribution in [-0.4, -0.2) is 11.2 Å². The van der Waals surface area contributed by atoms with Gasteiger partial charge in [0.2, 0.25) is 0 Å². The molecule has 0 bridgehead atoms. The van der Waals surface area contributed by atoms with Crippen molar-refractivity contribution >= 4 is 24.4 Å². The van der Waals surface area contributed by atoms with E-state index in [2.05, 4.69) is 18.7 Å². The summed E-state index contributed by atoms with van der Waals surface area (Å²) in [6, 6.07) is 8.07. The Kier molecular flexibility index (Phi) is 2.00. The summed E-state index contributed by atoms with van der Waals surface area (Å²) in [7, 11) is 0. The first-order valence-corrected chi connectivity index (χ1v) is 4.94. The molecular weight excluding hydrogens is 176 g/mol. The Hall–Kier alpha value is -0.280. The van der Waals surface area contributed by atoms with Crippen LogP contribution in [-0.2, 0) is 0 Å². The van der Waals surface area contributed by atoms with Gasteiger partial charge in [0.25, 0.3) is 0 Å². The fourth-order valence-electron chi connectivity index (χ4n) is 1.03. The summed E-state index contributed by atoms with van der Waals surface area (Å²) >= 11 is 5.91. The smallest absolute Gasteiger partial charge is 0.157 e. The monoisotopic (exact) mass is 184 g/mol. The van der Waals surface area contributed by atoms with Crippen molar-refractivity contribution in [3.05, 3.63) is 24.3 Å². The van der Waals surface area contributed by atoms with E-state index < -0.39 is 0 Å². The largest absolute Gasteiger partial charge is 0.477 e. The number of hydrogen-bond acceptors (Lipinski definition) is 3. The first kappa shape index (κ1) is 7.37. The summed E-state index contributed by atoms with van der Waals surface area (Å²) in [5, 5.41) is 0. The first-order valence-electron chi connectivity index (χ1n) is 3.43. The molecule has 11 heavy (non-hydrogen) atoms. The van der Waals surface area contributed by atoms with Crippen molar-refractivity contribution in [1.29, 1.82) is 0 Å². The quantitative estimate of drug-likeness (QED) is 0.671. The van der Waals surface area contributed by atoms with E-state index in [9.17, 15) is 0 Å². The van der Waals surface area contributed by atoms with Crippen molar-refractivity contribution in [2.45, 2.75) is 10.3 Å². The zero-order valence-electron chi connectivity index (χ0n) is 5.86. The lowest BCUT2D eigenvalue weighted by Gasteiger charge is -2.03. The van der Waals surface area contributed by atoms with Crippen LogP contribution in [0.15, 0.2) is 29.2 Å². The number of thiol groups is 1. The maximum absolute atomic E-state index is 5.54. The molecule has 0 radical (unpaired) electrons. The molecule has 3 heteroatoms. The van der Waals surface area contributed by atoms with Crippen LogP contribution in [0.25, 0.3) is 0 Å². The minimum absolute atomic E-state index is 0.204. The molecule has 1 heterocycles. The molecule has 0 fully saturated rings. The average molecular weight is 184 g/mol. The van der Waals surface area contributed by atoms with Gasteiger partial charge in [-0.05, 0) is 12.1 Å². The van der Waals surface area contributed by atoms with Gasteiger partial charge in [0, 0.05) is 5.75 Å². The van der Waals surface area contributed by atoms with Crippen molar-refractivity contribution in [3.8, 4) is 5.75 Å². The lowest BCUT2D eigenvalue weighted by Crippen LogP contribution is -2.07. The third-order valence-corrected chi connectivity index (χ3v) is 3.21. The zero-order chi connectivity index (χ0) is 7.68. The van der Waals surface area contributed by atoms with Gasteiger partial charge in [-0.3, -0.25) is 0 Å². The second-order valence-corrected chi connectivity index (χ2v) is 3.86. The Balaban J connectivity index is 2.27. The topological polar surface area (TPSA) is 9.23 Å². The van der Waals surface area contributed by atoms with Gasteiger partial charge in [0.05, 0.1) is 4.90 Å². The van der Waals surface area contributed by atoms with Crippen molar-refractivity contribution in [2.75, 3.05) is 5.75 Å². The number of thioether (sulfide) groups is 1. The molecule has 1 aliphatic heterocycles. The van der Waals surface area contributed by atoms with Crippen LogP contribution in [0, 0.1) is 0 Å². The van der Waals surface area contributed by atoms with Crippen LogP contribution in [0.4, 0.5) is 0 Å². The van der Waals surface area contributed by atoms with Crippen LogP contribution in [0.1, 0.15) is 0 Å². The Morgan fingerprint density at radius 1 is 1.45 bits per heavy atom. The summed E-state index contributed by atoms with van der Waals surface area (Å²) in [6.45, 7) is 0. The molecule has 1 unspecified atom stereocenters. The SMILES string of the molecule is SCC1Oc2ccccc2S1. The summed E-state index contributed by atoms with van der Waals surface area (Å²) in [5.41, 5.74) is 0.204. The van der Waals surface area contributed by atoms with Crippen LogP contribution in [0.2, 0.25) is 0 Å². The number of fused-ring (bicyclic) bond motifs is 1. The van der Waals surface area contributed by atoms with Crippen LogP contribution < -0.4 is 4.74 Å². The fourth-order valence-corrected chi connectivity index (χ4v) is 2.22. The van der Waals surface area contributed by atoms with Crippen LogP contribution >= 0.6 is 24.4 Å². The van der Waals surface area contributed by atoms with Crippen molar-refractivity contribution in [1.82, 2.24) is 0 Å². The van der Waals surface area contributed by atoms with E-state index in [1.807, 2.05) is 18.2 Å². The molecule has 2 rings (SSSR count). The minimum Gasteiger partial charge on any atom is -0.477 e. The maximum Gasteiger partial charge on any atom is 0.157 e. The molecule has 1 atom stereocenters. The number of ether oxygens (including phenoxy) is 1. The lowest BCUT2D eigenvalue weighted by molar-refractivity contribution is 0.319. The van der Waals surface area contributed by atoms with Crippen LogP contribution in [0.5, 0.6) is 5.75 Å². The highest BCUT2D eigenvalue weighted by Gasteiger charge is 2.20. The van der Waals surface area contributed by atoms with Gasteiger partial charge >= 0.3 is 0 Å². The predicted octanol–water partition coefficient (Wildman–Crippen LogP) is 2.43. The van der Waals surface area contributed by atoms with E-state index in [0.29, 0.717) is 0 Å². The lowest BCUT2D eigenvalue weighted by atomic mass is 10.3. The third-order valence-electron chi connectivity index (χ3n) is 1.52. The molecule has 0 aromatic heterocycles. The van der Waals surface area contributed by atoms with Crippen molar-refractivity contribution in [3.63, 3.8) is 0 Å². The highest BCUT2D eigenvalue weighted by molar-refractivity contribution is 8.00. The van der Waals surface area contributed by atoms with E-state index >= 15 is 0 Å². The Morgan fingerprint density at radius 2 is 2.27 bits per heavy atom. The molecule has 1 nitrogen and oxygen atoms in total. The highest BCUT2D eigenvalue weighted by Crippen LogP contribution is 2.40. The van der Waals surface area contributed by atoms with E-state index in [1.54, 1.807) is 11.8 Å². The fraction of sp³-hybridized carbons (Fsp3) is 0.250. The molecule has 0 aliphatic carbocycles. The predicted molar refractivity (Wildman–Crippen MR) is 50.6 cm³/mol. The van der Waals surface area contributed by atoms with E-state index in [1.165, 1.54) is 4.90 Å². The molecule has 0 saturated heterocycles. The Morgan fingerprint density at radius 3 is 3.00 bits per heavy atom. The molecule has 0 N–H and O–H groups in total. The molecule has 1 aromatic rings. The third kappa shape index (κ3) is 1.35. The van der Waals surface area contributed by atoms with Gasteiger partial charge in [0.1, 0.15) is 5.75 Å². The van der Waals surface area contributed by atoms with Gasteiger partial charge in [-0.2, -0.15) is 12.6 Å². The van der Waals surface area contributed by atoms with Crippen LogP contribution in [0.3, 0.4) is 0 Å². The standard InChI is InChI=1S/C8H8OS2/c10-5-8-9-6-3-1-2-4-7(6)11-8/h1-4,8,10H,5H2. The molecule has 1 aliphatic rings. The number of rotatable bonds is 1. The average Bonchev–Trinajstić information content (AvgIpc) is 2.46. The number of para-hydroxylation sites is 1. The summed E-state index contributed by atoms with van der Waals surface area (Å²) in [5.74, 6) is 1.76. The second kappa shape index (κ2) is 2.99. The zero-order valence-corrected chi connectivity index (χ0v) is 7.57. The molecule has 0 amide bonds. The van der Waals surface area contributed by atoms with E-state index in [-0.39, 0.29) is 5.44 Å². The van der Waals surface area contributed by atoms with E-state index in [0.717, 1.165) is 11.5 Å². The molecule has 0 saturated carbocycles. The normalized spacial score (nSPS) is 21.0. The highest BCUT2D eigenvalue weighted by atomic mass is 32.2. The van der Waals surface area contributed by atoms with Gasteiger partial charge < -0.3 is 4.74 Å². The molecule has 1 aromatic carbocycles. The summed E-state index contributed by atoms with van der Waals surface area (Å²) in [6.07, 6.45) is 0. The number of benzene rings is 1. The molecule has 58 valence electrons. The van der Waals surface area contributed by atoms with Gasteiger partial charge in [-0.25, -0.2) is 0 Å². The van der Waals surface area contributed by atoms with Crippen molar-refractivity contribution in [2.24, 2.45) is 0 Å². The van der Waals surface area contributed by atoms with Gasteiger partial charge in [-0.1, -0.05) is 23.9 Å². The molecular formula is C8H8OS2. The number of hydrogen-bond donors (Lipinski definition) is 1. The Labute approximate surface area is 75.5 Å². The minimum atomic E-state index is 0.204. The first-order chi connectivity index (χ1) is 5.40. The summed E-state index contributed by atoms with van der Waals surface area (Å²) in [4.78, 5) is 1.23. The van der Waals surface area contributed by atoms with E-state index in [4.69, 9.17) is 4.74 Å². The van der Waals surface area contributed by atoms with Crippen molar-refractivity contribution < 1.29 is 4.74 Å². The second-order valence-electron chi connectivity index (χ2n) is 2.29. The Bertz CT molecular complexity index is 237.